The molecule has 1 aromatic carbocycles. The van der Waals surface area contributed by atoms with Crippen molar-refractivity contribution >= 4 is 5.91 Å². The quantitative estimate of drug-likeness (QED) is 0.887. The monoisotopic (exact) mass is 275 g/mol. The van der Waals surface area contributed by atoms with E-state index in [-0.39, 0.29) is 0 Å². The highest BCUT2D eigenvalue weighted by molar-refractivity contribution is 5.77. The van der Waals surface area contributed by atoms with Gasteiger partial charge in [0.1, 0.15) is 0 Å². The van der Waals surface area contributed by atoms with Crippen molar-refractivity contribution in [3.05, 3.63) is 35.9 Å². The molecule has 0 unspecified atom stereocenters. The number of amides is 1. The van der Waals surface area contributed by atoms with Crippen LogP contribution >= 0.6 is 0 Å². The lowest BCUT2D eigenvalue weighted by Crippen LogP contribution is -2.46. The van der Waals surface area contributed by atoms with E-state index >= 15 is 0 Å². The first kappa shape index (κ1) is 15.5. The van der Waals surface area contributed by atoms with Crippen LogP contribution in [0.1, 0.15) is 31.9 Å². The number of alkyl halides is 3. The van der Waals surface area contributed by atoms with E-state index in [0.717, 1.165) is 5.56 Å². The van der Waals surface area contributed by atoms with Crippen molar-refractivity contribution in [3.63, 3.8) is 0 Å². The highest BCUT2D eigenvalue weighted by atomic mass is 19.4. The molecule has 0 radical (unpaired) electrons. The predicted octanol–water partition coefficient (Wildman–Crippen LogP) is 2.57. The second kappa shape index (κ2) is 5.61. The highest BCUT2D eigenvalue weighted by Crippen LogP contribution is 2.32. The van der Waals surface area contributed by atoms with E-state index in [0.29, 0.717) is 6.92 Å². The second-order valence-corrected chi connectivity index (χ2v) is 4.65. The summed E-state index contributed by atoms with van der Waals surface area (Å²) in [5.74, 6) is -0.848. The Labute approximate surface area is 109 Å². The van der Waals surface area contributed by atoms with Crippen molar-refractivity contribution in [3.8, 4) is 0 Å². The molecule has 2 N–H and O–H groups in total. The molecule has 3 nitrogen and oxygen atoms in total. The van der Waals surface area contributed by atoms with Crippen LogP contribution < -0.4 is 5.32 Å². The highest BCUT2D eigenvalue weighted by Gasteiger charge is 2.51. The van der Waals surface area contributed by atoms with Crippen LogP contribution in [0.4, 0.5) is 13.2 Å². The van der Waals surface area contributed by atoms with E-state index in [4.69, 9.17) is 0 Å². The van der Waals surface area contributed by atoms with Crippen molar-refractivity contribution in [2.75, 3.05) is 0 Å². The average molecular weight is 275 g/mol. The largest absolute Gasteiger partial charge is 0.417 e. The van der Waals surface area contributed by atoms with Crippen LogP contribution in [0.2, 0.25) is 0 Å². The van der Waals surface area contributed by atoms with Crippen LogP contribution in [0, 0.1) is 0 Å². The number of carbonyl (C=O) groups is 1. The minimum absolute atomic E-state index is 0.419. The minimum Gasteiger partial charge on any atom is -0.380 e. The van der Waals surface area contributed by atoms with Gasteiger partial charge in [-0.05, 0) is 19.4 Å². The summed E-state index contributed by atoms with van der Waals surface area (Å²) in [7, 11) is 0. The van der Waals surface area contributed by atoms with Crippen LogP contribution in [0.25, 0.3) is 0 Å². The third kappa shape index (κ3) is 4.24. The molecular formula is C13H16F3NO2. The molecule has 1 aromatic rings. The lowest BCUT2D eigenvalue weighted by Gasteiger charge is -2.26. The van der Waals surface area contributed by atoms with Gasteiger partial charge in [-0.3, -0.25) is 4.79 Å². The number of nitrogens with one attached hydrogen (secondary N) is 1. The summed E-state index contributed by atoms with van der Waals surface area (Å²) in [6, 6.07) is 8.43. The summed E-state index contributed by atoms with van der Waals surface area (Å²) in [4.78, 5) is 11.5. The molecule has 0 fully saturated rings. The Kier molecular flexibility index (Phi) is 4.57. The summed E-state index contributed by atoms with van der Waals surface area (Å²) in [5, 5.41) is 11.6. The van der Waals surface area contributed by atoms with E-state index in [1.54, 1.807) is 37.3 Å². The van der Waals surface area contributed by atoms with E-state index in [2.05, 4.69) is 5.32 Å². The molecule has 0 saturated carbocycles. The Balaban J connectivity index is 2.62. The first-order valence-corrected chi connectivity index (χ1v) is 5.77. The first-order chi connectivity index (χ1) is 8.63. The van der Waals surface area contributed by atoms with Crippen molar-refractivity contribution in [1.82, 2.24) is 5.32 Å². The fraction of sp³-hybridized carbons (Fsp3) is 0.462. The Hall–Kier alpha value is -1.56. The van der Waals surface area contributed by atoms with Crippen LogP contribution in [0.3, 0.4) is 0 Å². The molecular weight excluding hydrogens is 259 g/mol. The van der Waals surface area contributed by atoms with Gasteiger partial charge in [0.2, 0.25) is 5.91 Å². The molecule has 0 aliphatic heterocycles. The zero-order valence-electron chi connectivity index (χ0n) is 10.7. The number of rotatable bonds is 4. The van der Waals surface area contributed by atoms with Gasteiger partial charge in [0.05, 0.1) is 12.5 Å². The van der Waals surface area contributed by atoms with Crippen molar-refractivity contribution in [2.45, 2.75) is 38.1 Å². The maximum atomic E-state index is 12.4. The Morgan fingerprint density at radius 1 is 1.32 bits per heavy atom. The number of aliphatic hydroxyl groups is 1. The van der Waals surface area contributed by atoms with Gasteiger partial charge in [-0.25, -0.2) is 0 Å². The van der Waals surface area contributed by atoms with Gasteiger partial charge in [-0.15, -0.1) is 0 Å². The predicted molar refractivity (Wildman–Crippen MR) is 64.3 cm³/mol. The van der Waals surface area contributed by atoms with Gasteiger partial charge in [0.25, 0.3) is 0 Å². The van der Waals surface area contributed by atoms with E-state index < -0.39 is 30.1 Å². The summed E-state index contributed by atoms with van der Waals surface area (Å²) in [5.41, 5.74) is -2.24. The number of carbonyl (C=O) groups excluding carboxylic acids is 1. The second-order valence-electron chi connectivity index (χ2n) is 4.65. The van der Waals surface area contributed by atoms with Crippen LogP contribution in [-0.2, 0) is 4.79 Å². The van der Waals surface area contributed by atoms with Gasteiger partial charge in [0.15, 0.2) is 5.60 Å². The van der Waals surface area contributed by atoms with E-state index in [9.17, 15) is 23.1 Å². The fourth-order valence-electron chi connectivity index (χ4n) is 1.53. The van der Waals surface area contributed by atoms with E-state index in [1.165, 1.54) is 0 Å². The summed E-state index contributed by atoms with van der Waals surface area (Å²) < 4.78 is 37.3. The minimum atomic E-state index is -4.83. The molecule has 0 saturated heterocycles. The first-order valence-electron chi connectivity index (χ1n) is 5.77. The zero-order valence-corrected chi connectivity index (χ0v) is 10.7. The topological polar surface area (TPSA) is 49.3 Å². The summed E-state index contributed by atoms with van der Waals surface area (Å²) in [6.45, 7) is 2.25. The third-order valence-electron chi connectivity index (χ3n) is 2.79. The van der Waals surface area contributed by atoms with Crippen LogP contribution in [0.15, 0.2) is 30.3 Å². The van der Waals surface area contributed by atoms with Crippen LogP contribution in [-0.4, -0.2) is 22.8 Å². The molecule has 19 heavy (non-hydrogen) atoms. The van der Waals surface area contributed by atoms with Gasteiger partial charge in [-0.1, -0.05) is 30.3 Å². The summed E-state index contributed by atoms with van der Waals surface area (Å²) >= 11 is 0. The SMILES string of the molecule is C[C@@H](NC(=O)C[C@@](C)(O)C(F)(F)F)c1ccccc1. The normalized spacial score (nSPS) is 16.5. The standard InChI is InChI=1S/C13H16F3NO2/c1-9(10-6-4-3-5-7-10)17-11(18)8-12(2,19)13(14,15)16/h3-7,9,19H,8H2,1-2H3,(H,17,18)/t9-,12-/m1/s1. The molecule has 0 heterocycles. The molecule has 6 heteroatoms. The van der Waals surface area contributed by atoms with Crippen molar-refractivity contribution in [1.29, 1.82) is 0 Å². The molecule has 0 spiro atoms. The Morgan fingerprint density at radius 2 is 1.84 bits per heavy atom. The number of halogens is 3. The fourth-order valence-corrected chi connectivity index (χ4v) is 1.53. The smallest absolute Gasteiger partial charge is 0.380 e. The van der Waals surface area contributed by atoms with Crippen molar-refractivity contribution in [2.24, 2.45) is 0 Å². The van der Waals surface area contributed by atoms with Crippen LogP contribution in [0.5, 0.6) is 0 Å². The molecule has 0 aliphatic rings. The lowest BCUT2D eigenvalue weighted by molar-refractivity contribution is -0.253. The molecule has 0 aromatic heterocycles. The van der Waals surface area contributed by atoms with Gasteiger partial charge < -0.3 is 10.4 Å². The van der Waals surface area contributed by atoms with Gasteiger partial charge in [0, 0.05) is 0 Å². The third-order valence-corrected chi connectivity index (χ3v) is 2.79. The lowest BCUT2D eigenvalue weighted by atomic mass is 10.0. The molecule has 106 valence electrons. The number of hydrogen-bond donors (Lipinski definition) is 2. The molecule has 1 rings (SSSR count). The Morgan fingerprint density at radius 3 is 2.32 bits per heavy atom. The molecule has 2 atom stereocenters. The van der Waals surface area contributed by atoms with Gasteiger partial charge >= 0.3 is 6.18 Å². The van der Waals surface area contributed by atoms with E-state index in [1.807, 2.05) is 0 Å². The summed E-state index contributed by atoms with van der Waals surface area (Å²) in [6.07, 6.45) is -5.85. The Bertz CT molecular complexity index is 429. The number of benzene rings is 1. The number of hydrogen-bond acceptors (Lipinski definition) is 2. The molecule has 1 amide bonds. The average Bonchev–Trinajstić information content (AvgIpc) is 2.27. The molecule has 0 aliphatic carbocycles. The maximum Gasteiger partial charge on any atom is 0.417 e. The maximum absolute atomic E-state index is 12.4. The van der Waals surface area contributed by atoms with Gasteiger partial charge in [-0.2, -0.15) is 13.2 Å². The molecule has 0 bridgehead atoms. The van der Waals surface area contributed by atoms with Crippen molar-refractivity contribution < 1.29 is 23.1 Å². The zero-order chi connectivity index (χ0) is 14.7.